The summed E-state index contributed by atoms with van der Waals surface area (Å²) in [5.41, 5.74) is 0.836. The van der Waals surface area contributed by atoms with Crippen molar-refractivity contribution in [2.45, 2.75) is 26.4 Å². The molecule has 0 bridgehead atoms. The van der Waals surface area contributed by atoms with E-state index in [1.807, 2.05) is 6.92 Å². The molecule has 1 aliphatic rings. The summed E-state index contributed by atoms with van der Waals surface area (Å²) in [4.78, 5) is 30.6. The van der Waals surface area contributed by atoms with Gasteiger partial charge >= 0.3 is 11.9 Å². The lowest BCUT2D eigenvalue weighted by molar-refractivity contribution is -0.134. The summed E-state index contributed by atoms with van der Waals surface area (Å²) in [6.45, 7) is 4.09. The van der Waals surface area contributed by atoms with Gasteiger partial charge in [0.1, 0.15) is 5.76 Å². The van der Waals surface area contributed by atoms with E-state index in [1.165, 1.54) is 4.74 Å². The minimum Gasteiger partial charge on any atom is -0.478 e. The van der Waals surface area contributed by atoms with Crippen molar-refractivity contribution in [2.75, 3.05) is 6.54 Å². The Hall–Kier alpha value is -2.35. The van der Waals surface area contributed by atoms with Crippen LogP contribution in [0, 0.1) is 0 Å². The Balaban J connectivity index is 0.000000221. The van der Waals surface area contributed by atoms with Crippen molar-refractivity contribution in [1.82, 2.24) is 10.1 Å². The van der Waals surface area contributed by atoms with Crippen LogP contribution in [0.1, 0.15) is 18.2 Å². The highest BCUT2D eigenvalue weighted by molar-refractivity contribution is 5.89. The standard InChI is InChI=1S/C8H12N2O2.C4H4O4/c1-2-10-8(11)6-5-9-4-3-7(6)12-10;5-3(6)1-2-4(7)8/h9H,2-5H2,1H3;1-2H,(H,5,6)(H,7,8)/b;2-1+. The molecule has 8 heteroatoms. The molecule has 0 fully saturated rings. The highest BCUT2D eigenvalue weighted by Crippen LogP contribution is 2.09. The van der Waals surface area contributed by atoms with Gasteiger partial charge in [0.15, 0.2) is 0 Å². The third-order valence-corrected chi connectivity index (χ3v) is 2.53. The third kappa shape index (κ3) is 4.39. The van der Waals surface area contributed by atoms with Crippen molar-refractivity contribution in [3.05, 3.63) is 33.8 Å². The zero-order valence-corrected chi connectivity index (χ0v) is 11.0. The first-order valence-corrected chi connectivity index (χ1v) is 6.02. The van der Waals surface area contributed by atoms with Gasteiger partial charge in [0.25, 0.3) is 5.56 Å². The maximum absolute atomic E-state index is 11.5. The highest BCUT2D eigenvalue weighted by Gasteiger charge is 2.18. The smallest absolute Gasteiger partial charge is 0.328 e. The quantitative estimate of drug-likeness (QED) is 0.658. The fraction of sp³-hybridized carbons (Fsp3) is 0.417. The minimum absolute atomic E-state index is 0.0275. The fourth-order valence-corrected chi connectivity index (χ4v) is 1.64. The fourth-order valence-electron chi connectivity index (χ4n) is 1.64. The predicted octanol–water partition coefficient (Wildman–Crippen LogP) is -0.181. The number of aryl methyl sites for hydroxylation is 1. The second-order valence-electron chi connectivity index (χ2n) is 3.93. The topological polar surface area (TPSA) is 122 Å². The zero-order chi connectivity index (χ0) is 15.1. The number of nitrogens with zero attached hydrogens (tertiary/aromatic N) is 1. The Kier molecular flexibility index (Phi) is 5.73. The number of aromatic nitrogens is 1. The molecule has 0 saturated carbocycles. The van der Waals surface area contributed by atoms with Gasteiger partial charge in [-0.05, 0) is 6.92 Å². The molecule has 0 unspecified atom stereocenters. The molecule has 0 saturated heterocycles. The molecule has 3 N–H and O–H groups in total. The molecule has 110 valence electrons. The predicted molar refractivity (Wildman–Crippen MR) is 68.5 cm³/mol. The van der Waals surface area contributed by atoms with Crippen molar-refractivity contribution in [3.63, 3.8) is 0 Å². The average molecular weight is 284 g/mol. The van der Waals surface area contributed by atoms with Crippen LogP contribution in [-0.4, -0.2) is 33.4 Å². The summed E-state index contributed by atoms with van der Waals surface area (Å²) in [5, 5.41) is 18.8. The van der Waals surface area contributed by atoms with Gasteiger partial charge in [0, 0.05) is 31.7 Å². The van der Waals surface area contributed by atoms with E-state index < -0.39 is 11.9 Å². The molecular formula is C12H16N2O6. The van der Waals surface area contributed by atoms with Gasteiger partial charge in [0.05, 0.1) is 12.1 Å². The van der Waals surface area contributed by atoms with E-state index in [-0.39, 0.29) is 5.56 Å². The van der Waals surface area contributed by atoms with Crippen LogP contribution in [0.4, 0.5) is 0 Å². The molecule has 2 rings (SSSR count). The first-order valence-electron chi connectivity index (χ1n) is 6.02. The normalized spacial score (nSPS) is 13.4. The average Bonchev–Trinajstić information content (AvgIpc) is 2.74. The minimum atomic E-state index is -1.26. The molecule has 0 radical (unpaired) electrons. The van der Waals surface area contributed by atoms with Crippen molar-refractivity contribution in [1.29, 1.82) is 0 Å². The van der Waals surface area contributed by atoms with Gasteiger partial charge < -0.3 is 20.1 Å². The molecule has 0 aromatic carbocycles. The Morgan fingerprint density at radius 2 is 1.95 bits per heavy atom. The number of carboxylic acids is 2. The molecule has 1 aromatic heterocycles. The van der Waals surface area contributed by atoms with Crippen LogP contribution in [-0.2, 0) is 29.1 Å². The number of rotatable bonds is 3. The molecule has 2 heterocycles. The van der Waals surface area contributed by atoms with Crippen LogP contribution in [0.25, 0.3) is 0 Å². The van der Waals surface area contributed by atoms with Gasteiger partial charge in [-0.1, -0.05) is 0 Å². The third-order valence-electron chi connectivity index (χ3n) is 2.53. The van der Waals surface area contributed by atoms with E-state index in [0.717, 1.165) is 24.3 Å². The van der Waals surface area contributed by atoms with E-state index in [9.17, 15) is 14.4 Å². The number of nitrogens with one attached hydrogen (secondary N) is 1. The lowest BCUT2D eigenvalue weighted by Gasteiger charge is -2.07. The maximum Gasteiger partial charge on any atom is 0.328 e. The van der Waals surface area contributed by atoms with Crippen molar-refractivity contribution in [2.24, 2.45) is 0 Å². The molecule has 1 aliphatic heterocycles. The number of fused-ring (bicyclic) bond motifs is 1. The second-order valence-corrected chi connectivity index (χ2v) is 3.93. The number of carbonyl (C=O) groups is 2. The Bertz CT molecular complexity index is 553. The summed E-state index contributed by atoms with van der Waals surface area (Å²) in [6, 6.07) is 0. The van der Waals surface area contributed by atoms with Crippen molar-refractivity contribution >= 4 is 11.9 Å². The van der Waals surface area contributed by atoms with Crippen molar-refractivity contribution < 1.29 is 24.3 Å². The van der Waals surface area contributed by atoms with Gasteiger partial charge in [0.2, 0.25) is 0 Å². The van der Waals surface area contributed by atoms with Gasteiger partial charge in [-0.15, -0.1) is 0 Å². The maximum atomic E-state index is 11.5. The summed E-state index contributed by atoms with van der Waals surface area (Å²) in [6.07, 6.45) is 1.95. The van der Waals surface area contributed by atoms with Crippen LogP contribution < -0.4 is 10.9 Å². The molecular weight excluding hydrogens is 268 g/mol. The summed E-state index contributed by atoms with van der Waals surface area (Å²) < 4.78 is 6.76. The molecule has 0 spiro atoms. The summed E-state index contributed by atoms with van der Waals surface area (Å²) in [5.74, 6) is -1.65. The first kappa shape index (κ1) is 15.7. The van der Waals surface area contributed by atoms with E-state index in [1.54, 1.807) is 0 Å². The number of hydrogen-bond acceptors (Lipinski definition) is 5. The number of carboxylic acid groups (broad SMARTS) is 2. The SMILES string of the molecule is CCn1oc2c(c1=O)CNCC2.O=C(O)/C=C/C(=O)O. The molecule has 20 heavy (non-hydrogen) atoms. The Labute approximate surface area is 114 Å². The molecule has 0 amide bonds. The van der Waals surface area contributed by atoms with E-state index in [4.69, 9.17) is 14.7 Å². The van der Waals surface area contributed by atoms with Crippen LogP contribution in [0.2, 0.25) is 0 Å². The zero-order valence-electron chi connectivity index (χ0n) is 11.0. The molecule has 0 aliphatic carbocycles. The second kappa shape index (κ2) is 7.29. The Morgan fingerprint density at radius 1 is 1.35 bits per heavy atom. The van der Waals surface area contributed by atoms with Crippen LogP contribution >= 0.6 is 0 Å². The van der Waals surface area contributed by atoms with E-state index in [0.29, 0.717) is 25.2 Å². The van der Waals surface area contributed by atoms with E-state index >= 15 is 0 Å². The Morgan fingerprint density at radius 3 is 2.40 bits per heavy atom. The number of hydrogen-bond donors (Lipinski definition) is 3. The lowest BCUT2D eigenvalue weighted by atomic mass is 10.1. The summed E-state index contributed by atoms with van der Waals surface area (Å²) >= 11 is 0. The van der Waals surface area contributed by atoms with Crippen molar-refractivity contribution in [3.8, 4) is 0 Å². The van der Waals surface area contributed by atoms with E-state index in [2.05, 4.69) is 5.32 Å². The summed E-state index contributed by atoms with van der Waals surface area (Å²) in [7, 11) is 0. The molecule has 1 aromatic rings. The van der Waals surface area contributed by atoms with Gasteiger partial charge in [-0.2, -0.15) is 4.74 Å². The van der Waals surface area contributed by atoms with Crippen LogP contribution in [0.15, 0.2) is 21.5 Å². The van der Waals surface area contributed by atoms with Crippen LogP contribution in [0.3, 0.4) is 0 Å². The number of aliphatic carboxylic acids is 2. The molecule has 8 nitrogen and oxygen atoms in total. The lowest BCUT2D eigenvalue weighted by Crippen LogP contribution is -2.27. The molecule has 0 atom stereocenters. The van der Waals surface area contributed by atoms with Gasteiger partial charge in [-0.3, -0.25) is 4.79 Å². The van der Waals surface area contributed by atoms with Gasteiger partial charge in [-0.25, -0.2) is 9.59 Å². The monoisotopic (exact) mass is 284 g/mol. The largest absolute Gasteiger partial charge is 0.478 e. The van der Waals surface area contributed by atoms with Crippen LogP contribution in [0.5, 0.6) is 0 Å². The first-order chi connectivity index (χ1) is 9.45. The highest BCUT2D eigenvalue weighted by atomic mass is 16.5.